The lowest BCUT2D eigenvalue weighted by atomic mass is 9.90. The molecular weight excluding hydrogens is 741 g/mol. The van der Waals surface area contributed by atoms with Gasteiger partial charge in [-0.05, 0) is 53.8 Å². The average Bonchev–Trinajstić information content (AvgIpc) is 3.24. The van der Waals surface area contributed by atoms with Gasteiger partial charge in [0.1, 0.15) is 6.04 Å². The first-order valence-corrected chi connectivity index (χ1v) is 20.9. The molecule has 0 bridgehead atoms. The number of aliphatic hydroxyl groups is 1. The zero-order chi connectivity index (χ0) is 39.8. The van der Waals surface area contributed by atoms with E-state index in [0.717, 1.165) is 72.1 Å². The number of carbonyl (C=O) groups excluding carboxylic acids is 1. The summed E-state index contributed by atoms with van der Waals surface area (Å²) in [6.45, 7) is 8.30. The molecule has 0 spiro atoms. The van der Waals surface area contributed by atoms with E-state index in [1.54, 1.807) is 24.5 Å². The summed E-state index contributed by atoms with van der Waals surface area (Å²) in [6.07, 6.45) is 2.72. The van der Waals surface area contributed by atoms with E-state index in [0.29, 0.717) is 0 Å². The van der Waals surface area contributed by atoms with E-state index in [2.05, 4.69) is 36.7 Å². The van der Waals surface area contributed by atoms with Gasteiger partial charge in [-0.3, -0.25) is 9.69 Å². The molecule has 2 aliphatic rings. The Morgan fingerprint density at radius 1 is 0.807 bits per heavy atom. The second-order valence-corrected chi connectivity index (χ2v) is 16.5. The Morgan fingerprint density at radius 3 is 2.12 bits per heavy atom. The monoisotopic (exact) mass is 790 g/mol. The molecule has 7 rings (SSSR count). The highest BCUT2D eigenvalue weighted by molar-refractivity contribution is 7.89. The number of anilines is 1. The highest BCUT2D eigenvalue weighted by Crippen LogP contribution is 2.42. The van der Waals surface area contributed by atoms with E-state index < -0.39 is 28.3 Å². The number of rotatable bonds is 14. The molecule has 13 heteroatoms. The Bertz CT molecular complexity index is 2150. The number of aryl methyl sites for hydroxylation is 1. The standard InChI is InChI=1S/C44H50N6O6S/c1-31-9-19-38(20-10-31)57(53,54)48-39(27-33-7-4-3-5-8-33)42(52)47-28-34-11-17-37(18-12-34)43-55-40(32(2)41(56-43)36-15-13-35(30-51)14-16-36)29-49-23-25-50(26-24-49)44-45-21-6-22-46-44/h3-22,32,39-41,43,48,51H,23-30H2,1-2H3,(H,47,52)/t32-,39+,40+,41+,43?/m0/s1. The van der Waals surface area contributed by atoms with Crippen LogP contribution < -0.4 is 14.9 Å². The fraction of sp³-hybridized carbons (Fsp3) is 0.341. The Labute approximate surface area is 334 Å². The van der Waals surface area contributed by atoms with Gasteiger partial charge in [0, 0.05) is 63.1 Å². The van der Waals surface area contributed by atoms with Gasteiger partial charge in [-0.25, -0.2) is 18.4 Å². The molecule has 0 aliphatic carbocycles. The average molecular weight is 791 g/mol. The first-order chi connectivity index (χ1) is 27.6. The van der Waals surface area contributed by atoms with Gasteiger partial charge >= 0.3 is 0 Å². The lowest BCUT2D eigenvalue weighted by Crippen LogP contribution is -2.51. The van der Waals surface area contributed by atoms with Crippen LogP contribution in [0.3, 0.4) is 0 Å². The fourth-order valence-electron chi connectivity index (χ4n) is 7.28. The number of aromatic nitrogens is 2. The number of hydrogen-bond donors (Lipinski definition) is 3. The number of nitrogens with one attached hydrogen (secondary N) is 2. The predicted molar refractivity (Wildman–Crippen MR) is 217 cm³/mol. The number of amides is 1. The number of aliphatic hydroxyl groups excluding tert-OH is 1. The Hall–Kier alpha value is -5.02. The molecule has 0 radical (unpaired) electrons. The molecule has 1 amide bonds. The Kier molecular flexibility index (Phi) is 13.0. The van der Waals surface area contributed by atoms with Gasteiger partial charge in [-0.15, -0.1) is 0 Å². The van der Waals surface area contributed by atoms with E-state index in [-0.39, 0.29) is 42.6 Å². The minimum absolute atomic E-state index is 0.0285. The second kappa shape index (κ2) is 18.5. The van der Waals surface area contributed by atoms with Gasteiger partial charge in [0.2, 0.25) is 21.9 Å². The third kappa shape index (κ3) is 10.3. The largest absolute Gasteiger partial charge is 0.392 e. The molecule has 5 aromatic rings. The number of ether oxygens (including phenoxy) is 2. The van der Waals surface area contributed by atoms with Gasteiger partial charge in [-0.2, -0.15) is 4.72 Å². The molecular formula is C44H50N6O6S. The van der Waals surface area contributed by atoms with Gasteiger partial charge in [0.05, 0.1) is 23.7 Å². The third-order valence-electron chi connectivity index (χ3n) is 10.7. The van der Waals surface area contributed by atoms with Crippen molar-refractivity contribution in [3.05, 3.63) is 155 Å². The van der Waals surface area contributed by atoms with Crippen LogP contribution in [-0.2, 0) is 43.9 Å². The summed E-state index contributed by atoms with van der Waals surface area (Å²) in [6, 6.07) is 32.3. The SMILES string of the molecule is Cc1ccc(S(=O)(=O)N[C@H](Cc2ccccc2)C(=O)NCc2ccc(C3O[C@H](CN4CCN(c5ncccn5)CC4)[C@H](C)[C@H](c4ccc(CO)cc4)O3)cc2)cc1. The highest BCUT2D eigenvalue weighted by Gasteiger charge is 2.39. The van der Waals surface area contributed by atoms with Crippen molar-refractivity contribution >= 4 is 21.9 Å². The molecule has 4 aromatic carbocycles. The number of carbonyl (C=O) groups is 1. The summed E-state index contributed by atoms with van der Waals surface area (Å²) in [5.74, 6) is 0.358. The van der Waals surface area contributed by atoms with Crippen molar-refractivity contribution in [2.24, 2.45) is 5.92 Å². The number of benzene rings is 4. The molecule has 1 aromatic heterocycles. The predicted octanol–water partition coefficient (Wildman–Crippen LogP) is 5.10. The van der Waals surface area contributed by atoms with E-state index in [1.165, 1.54) is 12.1 Å². The quantitative estimate of drug-likeness (QED) is 0.139. The minimum atomic E-state index is -3.96. The van der Waals surface area contributed by atoms with E-state index in [9.17, 15) is 18.3 Å². The van der Waals surface area contributed by atoms with Crippen molar-refractivity contribution in [2.75, 3.05) is 37.6 Å². The zero-order valence-electron chi connectivity index (χ0n) is 32.3. The molecule has 12 nitrogen and oxygen atoms in total. The van der Waals surface area contributed by atoms with Crippen LogP contribution in [0.15, 0.2) is 126 Å². The molecule has 5 atom stereocenters. The molecule has 0 saturated carbocycles. The number of hydrogen-bond acceptors (Lipinski definition) is 10. The number of piperazine rings is 1. The molecule has 2 saturated heterocycles. The highest BCUT2D eigenvalue weighted by atomic mass is 32.2. The van der Waals surface area contributed by atoms with Gasteiger partial charge < -0.3 is 24.8 Å². The number of nitrogens with zero attached hydrogens (tertiary/aromatic N) is 4. The Balaban J connectivity index is 1.03. The summed E-state index contributed by atoms with van der Waals surface area (Å²) < 4.78 is 42.7. The van der Waals surface area contributed by atoms with Crippen molar-refractivity contribution in [3.8, 4) is 0 Å². The van der Waals surface area contributed by atoms with Crippen molar-refractivity contribution in [1.29, 1.82) is 0 Å². The maximum atomic E-state index is 13.6. The second-order valence-electron chi connectivity index (χ2n) is 14.8. The van der Waals surface area contributed by atoms with Gasteiger partial charge in [0.15, 0.2) is 6.29 Å². The Morgan fingerprint density at radius 2 is 1.46 bits per heavy atom. The molecule has 3 N–H and O–H groups in total. The molecule has 2 fully saturated rings. The van der Waals surface area contributed by atoms with Crippen LogP contribution in [0.25, 0.3) is 0 Å². The lowest BCUT2D eigenvalue weighted by molar-refractivity contribution is -0.276. The van der Waals surface area contributed by atoms with Crippen molar-refractivity contribution in [2.45, 2.75) is 62.9 Å². The van der Waals surface area contributed by atoms with E-state index in [1.807, 2.05) is 91.9 Å². The topological polar surface area (TPSA) is 146 Å². The van der Waals surface area contributed by atoms with Crippen LogP contribution in [0.1, 0.15) is 52.7 Å². The summed E-state index contributed by atoms with van der Waals surface area (Å²) in [5.41, 5.74) is 5.31. The first kappa shape index (κ1) is 40.2. The normalized spacial score (nSPS) is 20.9. The minimum Gasteiger partial charge on any atom is -0.392 e. The van der Waals surface area contributed by atoms with Crippen molar-refractivity contribution in [1.82, 2.24) is 24.9 Å². The third-order valence-corrected chi connectivity index (χ3v) is 12.2. The molecule has 298 valence electrons. The van der Waals surface area contributed by atoms with Crippen LogP contribution in [0, 0.1) is 12.8 Å². The van der Waals surface area contributed by atoms with Crippen LogP contribution in [0.4, 0.5) is 5.95 Å². The van der Waals surface area contributed by atoms with E-state index >= 15 is 0 Å². The summed E-state index contributed by atoms with van der Waals surface area (Å²) in [7, 11) is -3.96. The lowest BCUT2D eigenvalue weighted by Gasteiger charge is -2.44. The summed E-state index contributed by atoms with van der Waals surface area (Å²) in [4.78, 5) is 27.2. The van der Waals surface area contributed by atoms with Crippen molar-refractivity contribution in [3.63, 3.8) is 0 Å². The fourth-order valence-corrected chi connectivity index (χ4v) is 8.48. The molecule has 57 heavy (non-hydrogen) atoms. The maximum absolute atomic E-state index is 13.6. The first-order valence-electron chi connectivity index (χ1n) is 19.4. The smallest absolute Gasteiger partial charge is 0.241 e. The van der Waals surface area contributed by atoms with Gasteiger partial charge in [0.25, 0.3) is 0 Å². The van der Waals surface area contributed by atoms with Crippen LogP contribution in [-0.4, -0.2) is 79.2 Å². The van der Waals surface area contributed by atoms with Crippen LogP contribution >= 0.6 is 0 Å². The molecule has 3 heterocycles. The molecule has 1 unspecified atom stereocenters. The number of sulfonamides is 1. The van der Waals surface area contributed by atoms with E-state index in [4.69, 9.17) is 9.47 Å². The zero-order valence-corrected chi connectivity index (χ0v) is 33.1. The van der Waals surface area contributed by atoms with Gasteiger partial charge in [-0.1, -0.05) is 103 Å². The summed E-state index contributed by atoms with van der Waals surface area (Å²) >= 11 is 0. The maximum Gasteiger partial charge on any atom is 0.241 e. The molecule has 2 aliphatic heterocycles. The van der Waals surface area contributed by atoms with Crippen LogP contribution in [0.2, 0.25) is 0 Å². The van der Waals surface area contributed by atoms with Crippen LogP contribution in [0.5, 0.6) is 0 Å². The van der Waals surface area contributed by atoms with Crippen molar-refractivity contribution < 1.29 is 27.8 Å². The summed E-state index contributed by atoms with van der Waals surface area (Å²) in [5, 5.41) is 12.6.